The average molecular weight is 387 g/mol. The lowest BCUT2D eigenvalue weighted by molar-refractivity contribution is 0.0938. The topological polar surface area (TPSA) is 45.5 Å². The average Bonchev–Trinajstić information content (AvgIpc) is 2.98. The highest BCUT2D eigenvalue weighted by atomic mass is 79.9. The summed E-state index contributed by atoms with van der Waals surface area (Å²) >= 11 is 3.41. The van der Waals surface area contributed by atoms with Crippen LogP contribution in [0, 0.1) is 0 Å². The molecule has 3 aromatic rings. The van der Waals surface area contributed by atoms with E-state index in [1.807, 2.05) is 67.5 Å². The summed E-state index contributed by atoms with van der Waals surface area (Å²) in [6, 6.07) is 17.3. The highest BCUT2D eigenvalue weighted by Gasteiger charge is 2.20. The molecule has 1 atom stereocenters. The van der Waals surface area contributed by atoms with Crippen molar-refractivity contribution in [2.45, 2.75) is 6.04 Å². The van der Waals surface area contributed by atoms with Crippen LogP contribution >= 0.6 is 15.9 Å². The normalized spacial score (nSPS) is 12.5. The first-order valence-corrected chi connectivity index (χ1v) is 8.53. The van der Waals surface area contributed by atoms with E-state index in [-0.39, 0.29) is 11.9 Å². The van der Waals surface area contributed by atoms with Crippen LogP contribution in [0.25, 0.3) is 11.0 Å². The smallest absolute Gasteiger partial charge is 0.252 e. The number of halogens is 1. The number of fused-ring (bicyclic) bond motifs is 1. The van der Waals surface area contributed by atoms with E-state index in [1.54, 1.807) is 6.07 Å². The summed E-state index contributed by atoms with van der Waals surface area (Å²) in [5.41, 5.74) is 1.48. The molecule has 1 amide bonds. The van der Waals surface area contributed by atoms with Gasteiger partial charge in [0.2, 0.25) is 0 Å². The zero-order valence-corrected chi connectivity index (χ0v) is 15.2. The largest absolute Gasteiger partial charge is 0.459 e. The fourth-order valence-corrected chi connectivity index (χ4v) is 3.10. The second-order valence-electron chi connectivity index (χ2n) is 5.86. The minimum Gasteiger partial charge on any atom is -0.459 e. The molecule has 0 spiro atoms. The Bertz CT molecular complexity index is 824. The van der Waals surface area contributed by atoms with Crippen LogP contribution in [0.5, 0.6) is 0 Å². The van der Waals surface area contributed by atoms with Gasteiger partial charge in [0.15, 0.2) is 0 Å². The number of nitrogens with zero attached hydrogens (tertiary/aromatic N) is 1. The summed E-state index contributed by atoms with van der Waals surface area (Å²) < 4.78 is 6.74. The maximum atomic E-state index is 12.4. The van der Waals surface area contributed by atoms with Gasteiger partial charge in [0.1, 0.15) is 11.3 Å². The van der Waals surface area contributed by atoms with Crippen LogP contribution in [0.4, 0.5) is 0 Å². The number of hydrogen-bond donors (Lipinski definition) is 1. The van der Waals surface area contributed by atoms with Gasteiger partial charge in [-0.25, -0.2) is 0 Å². The van der Waals surface area contributed by atoms with Gasteiger partial charge >= 0.3 is 0 Å². The molecule has 0 aliphatic heterocycles. The van der Waals surface area contributed by atoms with E-state index in [1.165, 1.54) is 0 Å². The molecule has 0 aliphatic carbocycles. The van der Waals surface area contributed by atoms with Crippen molar-refractivity contribution in [2.75, 3.05) is 20.6 Å². The molecule has 1 heterocycles. The number of rotatable bonds is 5. The molecule has 2 aromatic carbocycles. The predicted molar refractivity (Wildman–Crippen MR) is 99.1 cm³/mol. The minimum atomic E-state index is -0.106. The van der Waals surface area contributed by atoms with E-state index in [9.17, 15) is 4.79 Å². The van der Waals surface area contributed by atoms with Crippen LogP contribution in [0.15, 0.2) is 63.5 Å². The van der Waals surface area contributed by atoms with E-state index >= 15 is 0 Å². The van der Waals surface area contributed by atoms with Gasteiger partial charge in [-0.05, 0) is 54.3 Å². The molecule has 0 radical (unpaired) electrons. The van der Waals surface area contributed by atoms with Crippen molar-refractivity contribution in [1.29, 1.82) is 0 Å². The van der Waals surface area contributed by atoms with Crippen LogP contribution in [0.1, 0.15) is 22.2 Å². The fourth-order valence-electron chi connectivity index (χ4n) is 2.63. The Kier molecular flexibility index (Phi) is 5.02. The Morgan fingerprint density at radius 1 is 1.17 bits per heavy atom. The maximum Gasteiger partial charge on any atom is 0.252 e. The number of carbonyl (C=O) groups excluding carboxylic acids is 1. The van der Waals surface area contributed by atoms with Crippen molar-refractivity contribution in [1.82, 2.24) is 10.2 Å². The number of nitrogens with one attached hydrogen (secondary N) is 1. The van der Waals surface area contributed by atoms with Gasteiger partial charge in [-0.15, -0.1) is 0 Å². The molecule has 0 saturated heterocycles. The van der Waals surface area contributed by atoms with E-state index in [0.29, 0.717) is 12.1 Å². The number of furan rings is 1. The molecule has 0 bridgehead atoms. The molecule has 0 aliphatic rings. The first-order chi connectivity index (χ1) is 11.6. The number of carbonyl (C=O) groups is 1. The van der Waals surface area contributed by atoms with Crippen molar-refractivity contribution >= 4 is 32.8 Å². The highest BCUT2D eigenvalue weighted by Crippen LogP contribution is 2.26. The van der Waals surface area contributed by atoms with Crippen molar-refractivity contribution in [2.24, 2.45) is 0 Å². The molecule has 5 heteroatoms. The number of hydrogen-bond acceptors (Lipinski definition) is 3. The molecule has 0 unspecified atom stereocenters. The summed E-state index contributed by atoms with van der Waals surface area (Å²) in [4.78, 5) is 14.4. The van der Waals surface area contributed by atoms with Gasteiger partial charge in [-0.1, -0.05) is 30.3 Å². The zero-order chi connectivity index (χ0) is 17.1. The van der Waals surface area contributed by atoms with Crippen molar-refractivity contribution in [3.05, 3.63) is 70.4 Å². The molecule has 24 heavy (non-hydrogen) atoms. The fraction of sp³-hybridized carbons (Fsp3) is 0.211. The molecule has 0 saturated carbocycles. The number of likely N-dealkylation sites (N-methyl/N-ethyl adjacent to an activating group) is 1. The number of benzene rings is 2. The number of para-hydroxylation sites is 1. The Morgan fingerprint density at radius 3 is 2.58 bits per heavy atom. The highest BCUT2D eigenvalue weighted by molar-refractivity contribution is 9.10. The minimum absolute atomic E-state index is 0.0381. The Morgan fingerprint density at radius 2 is 1.88 bits per heavy atom. The van der Waals surface area contributed by atoms with E-state index in [0.717, 1.165) is 21.2 Å². The van der Waals surface area contributed by atoms with Crippen molar-refractivity contribution in [3.8, 4) is 0 Å². The summed E-state index contributed by atoms with van der Waals surface area (Å²) in [7, 11) is 3.95. The van der Waals surface area contributed by atoms with E-state index in [4.69, 9.17) is 4.42 Å². The van der Waals surface area contributed by atoms with Gasteiger partial charge in [-0.3, -0.25) is 9.69 Å². The first-order valence-electron chi connectivity index (χ1n) is 7.74. The van der Waals surface area contributed by atoms with Gasteiger partial charge in [0, 0.05) is 16.4 Å². The lowest BCUT2D eigenvalue weighted by Gasteiger charge is -2.22. The quantitative estimate of drug-likeness (QED) is 0.713. The van der Waals surface area contributed by atoms with Gasteiger partial charge in [-0.2, -0.15) is 0 Å². The Balaban J connectivity index is 1.77. The molecule has 4 nitrogen and oxygen atoms in total. The molecular formula is C19H19BrN2O2. The van der Waals surface area contributed by atoms with Gasteiger partial charge < -0.3 is 9.73 Å². The van der Waals surface area contributed by atoms with Crippen LogP contribution in [0.2, 0.25) is 0 Å². The third-order valence-electron chi connectivity index (χ3n) is 3.97. The van der Waals surface area contributed by atoms with Crippen LogP contribution < -0.4 is 5.32 Å². The van der Waals surface area contributed by atoms with Crippen LogP contribution in [0.3, 0.4) is 0 Å². The van der Waals surface area contributed by atoms with Crippen LogP contribution in [-0.4, -0.2) is 31.4 Å². The molecular weight excluding hydrogens is 368 g/mol. The SMILES string of the molecule is CN(C)[C@H](CNC(=O)c1ccccc1Br)c1cc2ccccc2o1. The van der Waals surface area contributed by atoms with Gasteiger partial charge in [0.25, 0.3) is 5.91 Å². The summed E-state index contributed by atoms with van der Waals surface area (Å²) in [6.45, 7) is 0.465. The maximum absolute atomic E-state index is 12.4. The third-order valence-corrected chi connectivity index (χ3v) is 4.66. The molecule has 1 aromatic heterocycles. The summed E-state index contributed by atoms with van der Waals surface area (Å²) in [5.74, 6) is 0.735. The summed E-state index contributed by atoms with van der Waals surface area (Å²) in [5, 5.41) is 4.06. The first kappa shape index (κ1) is 16.7. The van der Waals surface area contributed by atoms with Gasteiger partial charge in [0.05, 0.1) is 11.6 Å². The third kappa shape index (κ3) is 3.52. The predicted octanol–water partition coefficient (Wildman–Crippen LogP) is 4.23. The molecule has 124 valence electrons. The van der Waals surface area contributed by atoms with E-state index < -0.39 is 0 Å². The number of amides is 1. The molecule has 1 N–H and O–H groups in total. The summed E-state index contributed by atoms with van der Waals surface area (Å²) in [6.07, 6.45) is 0. The monoisotopic (exact) mass is 386 g/mol. The van der Waals surface area contributed by atoms with Crippen LogP contribution in [-0.2, 0) is 0 Å². The molecule has 0 fully saturated rings. The Labute approximate surface area is 149 Å². The zero-order valence-electron chi connectivity index (χ0n) is 13.6. The lowest BCUT2D eigenvalue weighted by Crippen LogP contribution is -2.34. The van der Waals surface area contributed by atoms with Crippen molar-refractivity contribution < 1.29 is 9.21 Å². The molecule has 3 rings (SSSR count). The van der Waals surface area contributed by atoms with Crippen molar-refractivity contribution in [3.63, 3.8) is 0 Å². The van der Waals surface area contributed by atoms with E-state index in [2.05, 4.69) is 21.2 Å². The second kappa shape index (κ2) is 7.20. The second-order valence-corrected chi connectivity index (χ2v) is 6.71. The lowest BCUT2D eigenvalue weighted by atomic mass is 10.1. The Hall–Kier alpha value is -2.11. The standard InChI is InChI=1S/C19H19BrN2O2/c1-22(2)16(18-11-13-7-3-6-10-17(13)24-18)12-21-19(23)14-8-4-5-9-15(14)20/h3-11,16H,12H2,1-2H3,(H,21,23)/t16-/m1/s1.